The number of fused-ring (bicyclic) bond motifs is 1. The molecule has 8 heteroatoms. The van der Waals surface area contributed by atoms with Gasteiger partial charge in [-0.3, -0.25) is 9.71 Å². The van der Waals surface area contributed by atoms with Crippen molar-refractivity contribution in [2.45, 2.75) is 37.8 Å². The minimum absolute atomic E-state index is 0.112. The summed E-state index contributed by atoms with van der Waals surface area (Å²) in [4.78, 5) is 16.5. The van der Waals surface area contributed by atoms with E-state index in [9.17, 15) is 13.2 Å². The molecule has 1 N–H and O–H groups in total. The van der Waals surface area contributed by atoms with E-state index in [0.717, 1.165) is 0 Å². The smallest absolute Gasteiger partial charge is 0.332 e. The number of esters is 1. The quantitative estimate of drug-likeness (QED) is 0.832. The van der Waals surface area contributed by atoms with Gasteiger partial charge in [0.1, 0.15) is 11.9 Å². The molecule has 23 heavy (non-hydrogen) atoms. The standard InChI is InChI=1S/C15H17N3O4S/c1-9(2)13(15(19)22-10(3)8-16)17-14-11-6-4-5-7-12(11)23(20,21)18-14/h4-7,9-10,13H,1-3H3,(H,17,18)/t10-,13+/m1/s1. The van der Waals surface area contributed by atoms with E-state index < -0.39 is 28.1 Å². The van der Waals surface area contributed by atoms with E-state index in [1.54, 1.807) is 32.0 Å². The van der Waals surface area contributed by atoms with Crippen molar-refractivity contribution in [2.24, 2.45) is 10.9 Å². The molecule has 0 aliphatic carbocycles. The van der Waals surface area contributed by atoms with Crippen LogP contribution in [0.5, 0.6) is 0 Å². The van der Waals surface area contributed by atoms with Crippen molar-refractivity contribution in [2.75, 3.05) is 0 Å². The zero-order chi connectivity index (χ0) is 17.2. The van der Waals surface area contributed by atoms with Crippen LogP contribution in [0.25, 0.3) is 0 Å². The summed E-state index contributed by atoms with van der Waals surface area (Å²) in [6.07, 6.45) is -0.892. The molecule has 0 saturated carbocycles. The second-order valence-corrected chi connectivity index (χ2v) is 7.13. The van der Waals surface area contributed by atoms with Gasteiger partial charge in [0.2, 0.25) is 0 Å². The van der Waals surface area contributed by atoms with Gasteiger partial charge in [0.25, 0.3) is 10.0 Å². The van der Waals surface area contributed by atoms with Crippen LogP contribution in [-0.2, 0) is 19.6 Å². The Morgan fingerprint density at radius 1 is 1.30 bits per heavy atom. The van der Waals surface area contributed by atoms with Gasteiger partial charge in [0.05, 0.1) is 4.90 Å². The second kappa shape index (κ2) is 6.38. The number of rotatable bonds is 4. The number of hydrogen-bond acceptors (Lipinski definition) is 6. The van der Waals surface area contributed by atoms with Gasteiger partial charge in [0.15, 0.2) is 12.1 Å². The molecule has 7 nitrogen and oxygen atoms in total. The van der Waals surface area contributed by atoms with Crippen LogP contribution < -0.4 is 4.72 Å². The molecule has 0 radical (unpaired) electrons. The first kappa shape index (κ1) is 17.0. The lowest BCUT2D eigenvalue weighted by Crippen LogP contribution is -2.33. The summed E-state index contributed by atoms with van der Waals surface area (Å²) in [7, 11) is -3.66. The molecule has 1 aromatic rings. The number of aliphatic imine (C=N–C) groups is 1. The van der Waals surface area contributed by atoms with Crippen molar-refractivity contribution in [3.8, 4) is 6.07 Å². The molecule has 0 bridgehead atoms. The Labute approximate surface area is 135 Å². The number of carbonyl (C=O) groups is 1. The fraction of sp³-hybridized carbons (Fsp3) is 0.400. The molecule has 2 atom stereocenters. The number of nitrogens with zero attached hydrogens (tertiary/aromatic N) is 2. The van der Waals surface area contributed by atoms with E-state index in [2.05, 4.69) is 9.71 Å². The Bertz CT molecular complexity index is 793. The highest BCUT2D eigenvalue weighted by Crippen LogP contribution is 2.23. The molecule has 122 valence electrons. The van der Waals surface area contributed by atoms with E-state index in [1.807, 2.05) is 6.07 Å². The number of nitrogens with one attached hydrogen (secondary N) is 1. The summed E-state index contributed by atoms with van der Waals surface area (Å²) >= 11 is 0. The zero-order valence-electron chi connectivity index (χ0n) is 13.0. The predicted octanol–water partition coefficient (Wildman–Crippen LogP) is 1.20. The minimum Gasteiger partial charge on any atom is -0.446 e. The van der Waals surface area contributed by atoms with Crippen molar-refractivity contribution >= 4 is 21.8 Å². The van der Waals surface area contributed by atoms with Crippen LogP contribution in [0.3, 0.4) is 0 Å². The maximum Gasteiger partial charge on any atom is 0.332 e. The van der Waals surface area contributed by atoms with Crippen LogP contribution in [0.15, 0.2) is 34.2 Å². The van der Waals surface area contributed by atoms with Gasteiger partial charge >= 0.3 is 5.97 Å². The first-order chi connectivity index (χ1) is 10.8. The third kappa shape index (κ3) is 3.51. The summed E-state index contributed by atoms with van der Waals surface area (Å²) in [6, 6.07) is 7.30. The lowest BCUT2D eigenvalue weighted by molar-refractivity contribution is -0.148. The van der Waals surface area contributed by atoms with Gasteiger partial charge in [-0.05, 0) is 25.0 Å². The molecular formula is C15H17N3O4S. The summed E-state index contributed by atoms with van der Waals surface area (Å²) in [5, 5.41) is 8.73. The Morgan fingerprint density at radius 2 is 1.96 bits per heavy atom. The third-order valence-electron chi connectivity index (χ3n) is 3.28. The molecule has 0 amide bonds. The van der Waals surface area contributed by atoms with Gasteiger partial charge in [-0.25, -0.2) is 13.2 Å². The summed E-state index contributed by atoms with van der Waals surface area (Å²) < 4.78 is 31.5. The maximum atomic E-state index is 12.2. The van der Waals surface area contributed by atoms with Gasteiger partial charge in [-0.15, -0.1) is 0 Å². The third-order valence-corrected chi connectivity index (χ3v) is 4.68. The molecular weight excluding hydrogens is 318 g/mol. The Balaban J connectivity index is 2.39. The Hall–Kier alpha value is -2.40. The van der Waals surface area contributed by atoms with Crippen LogP contribution in [-0.4, -0.2) is 32.4 Å². The van der Waals surface area contributed by atoms with E-state index in [0.29, 0.717) is 5.56 Å². The number of ether oxygens (including phenoxy) is 1. The molecule has 0 unspecified atom stereocenters. The lowest BCUT2D eigenvalue weighted by atomic mass is 10.0. The van der Waals surface area contributed by atoms with Crippen molar-refractivity contribution in [1.29, 1.82) is 5.26 Å². The number of benzene rings is 1. The normalized spacial score (nSPS) is 19.5. The molecule has 0 aromatic heterocycles. The maximum absolute atomic E-state index is 12.2. The van der Waals surface area contributed by atoms with Crippen LogP contribution in [0.4, 0.5) is 0 Å². The first-order valence-electron chi connectivity index (χ1n) is 7.06. The minimum atomic E-state index is -3.66. The lowest BCUT2D eigenvalue weighted by Gasteiger charge is -2.17. The fourth-order valence-corrected chi connectivity index (χ4v) is 3.35. The number of sulfonamides is 1. The van der Waals surface area contributed by atoms with E-state index in [-0.39, 0.29) is 16.6 Å². The van der Waals surface area contributed by atoms with E-state index in [4.69, 9.17) is 10.00 Å². The molecule has 1 heterocycles. The number of carbonyl (C=O) groups excluding carboxylic acids is 1. The van der Waals surface area contributed by atoms with Gasteiger partial charge in [-0.1, -0.05) is 26.0 Å². The van der Waals surface area contributed by atoms with Crippen molar-refractivity contribution < 1.29 is 17.9 Å². The highest BCUT2D eigenvalue weighted by atomic mass is 32.2. The van der Waals surface area contributed by atoms with Crippen LogP contribution in [0.1, 0.15) is 26.3 Å². The largest absolute Gasteiger partial charge is 0.446 e. The summed E-state index contributed by atoms with van der Waals surface area (Å²) in [5.41, 5.74) is 0.416. The Morgan fingerprint density at radius 3 is 2.57 bits per heavy atom. The molecule has 0 spiro atoms. The molecule has 1 aliphatic rings. The van der Waals surface area contributed by atoms with E-state index in [1.165, 1.54) is 13.0 Å². The second-order valence-electron chi connectivity index (χ2n) is 5.48. The number of hydrogen-bond donors (Lipinski definition) is 1. The topological polar surface area (TPSA) is 109 Å². The Kier molecular flexibility index (Phi) is 4.71. The first-order valence-corrected chi connectivity index (χ1v) is 8.54. The molecule has 2 rings (SSSR count). The van der Waals surface area contributed by atoms with Crippen LogP contribution in [0, 0.1) is 17.2 Å². The SMILES string of the molecule is CC(C)[C@H](N=C1NS(=O)(=O)c2ccccc21)C(=O)O[C@H](C)C#N. The predicted molar refractivity (Wildman–Crippen MR) is 83.1 cm³/mol. The number of amidine groups is 1. The monoisotopic (exact) mass is 335 g/mol. The molecule has 0 fully saturated rings. The summed E-state index contributed by atoms with van der Waals surface area (Å²) in [6.45, 7) is 4.99. The van der Waals surface area contributed by atoms with Crippen LogP contribution in [0.2, 0.25) is 0 Å². The van der Waals surface area contributed by atoms with Crippen molar-refractivity contribution in [3.05, 3.63) is 29.8 Å². The van der Waals surface area contributed by atoms with Crippen molar-refractivity contribution in [1.82, 2.24) is 4.72 Å². The molecule has 1 aliphatic heterocycles. The van der Waals surface area contributed by atoms with Crippen molar-refractivity contribution in [3.63, 3.8) is 0 Å². The summed E-state index contributed by atoms with van der Waals surface area (Å²) in [5.74, 6) is -0.774. The number of nitriles is 1. The average molecular weight is 335 g/mol. The van der Waals surface area contributed by atoms with Gasteiger partial charge < -0.3 is 4.74 Å². The van der Waals surface area contributed by atoms with E-state index >= 15 is 0 Å². The zero-order valence-corrected chi connectivity index (χ0v) is 13.8. The highest BCUT2D eigenvalue weighted by Gasteiger charge is 2.33. The van der Waals surface area contributed by atoms with Gasteiger partial charge in [-0.2, -0.15) is 5.26 Å². The fourth-order valence-electron chi connectivity index (χ4n) is 2.11. The average Bonchev–Trinajstić information content (AvgIpc) is 2.75. The highest BCUT2D eigenvalue weighted by molar-refractivity contribution is 7.90. The molecule has 0 saturated heterocycles. The van der Waals surface area contributed by atoms with Gasteiger partial charge in [0, 0.05) is 5.56 Å². The molecule has 1 aromatic carbocycles. The van der Waals surface area contributed by atoms with Crippen LogP contribution >= 0.6 is 0 Å².